The van der Waals surface area contributed by atoms with Gasteiger partial charge in [-0.05, 0) is 38.2 Å². The van der Waals surface area contributed by atoms with E-state index in [0.717, 1.165) is 12.1 Å². The summed E-state index contributed by atoms with van der Waals surface area (Å²) in [6.07, 6.45) is 0.747. The van der Waals surface area contributed by atoms with Gasteiger partial charge in [0, 0.05) is 18.3 Å². The minimum atomic E-state index is 0.202. The van der Waals surface area contributed by atoms with Gasteiger partial charge in [0.2, 0.25) is 0 Å². The van der Waals surface area contributed by atoms with Crippen molar-refractivity contribution in [3.63, 3.8) is 0 Å². The third-order valence-electron chi connectivity index (χ3n) is 2.35. The van der Waals surface area contributed by atoms with Gasteiger partial charge in [-0.15, -0.1) is 0 Å². The van der Waals surface area contributed by atoms with Crippen molar-refractivity contribution in [3.8, 4) is 0 Å². The molecule has 1 rings (SSSR count). The average Bonchev–Trinajstić information content (AvgIpc) is 2.15. The summed E-state index contributed by atoms with van der Waals surface area (Å²) in [6, 6.07) is 8.07. The molecule has 0 fully saturated rings. The van der Waals surface area contributed by atoms with E-state index < -0.39 is 0 Å². The second kappa shape index (κ2) is 4.98. The highest BCUT2D eigenvalue weighted by molar-refractivity contribution is 5.40. The summed E-state index contributed by atoms with van der Waals surface area (Å²) < 4.78 is 0. The Balaban J connectivity index is 2.82. The van der Waals surface area contributed by atoms with Crippen molar-refractivity contribution in [2.75, 3.05) is 26.4 Å². The number of nitrogen functional groups attached to an aromatic ring is 1. The standard InChI is InChI=1S/C11H18N2O/c1-13(2)11(7-8-14)9-3-5-10(12)6-4-9/h3-6,11,14H,7-8,12H2,1-2H3. The van der Waals surface area contributed by atoms with Crippen molar-refractivity contribution >= 4 is 5.69 Å². The molecule has 78 valence electrons. The SMILES string of the molecule is CN(C)C(CCO)c1ccc(N)cc1. The largest absolute Gasteiger partial charge is 0.399 e. The highest BCUT2D eigenvalue weighted by Crippen LogP contribution is 2.22. The fourth-order valence-electron chi connectivity index (χ4n) is 1.56. The zero-order valence-corrected chi connectivity index (χ0v) is 8.77. The minimum Gasteiger partial charge on any atom is -0.399 e. The van der Waals surface area contributed by atoms with Gasteiger partial charge in [-0.3, -0.25) is 0 Å². The fourth-order valence-corrected chi connectivity index (χ4v) is 1.56. The van der Waals surface area contributed by atoms with Gasteiger partial charge >= 0.3 is 0 Å². The molecule has 1 aromatic carbocycles. The maximum Gasteiger partial charge on any atom is 0.0449 e. The fraction of sp³-hybridized carbons (Fsp3) is 0.455. The lowest BCUT2D eigenvalue weighted by Crippen LogP contribution is -2.20. The van der Waals surface area contributed by atoms with Crippen molar-refractivity contribution in [1.29, 1.82) is 0 Å². The van der Waals surface area contributed by atoms with Crippen LogP contribution in [0.25, 0.3) is 0 Å². The van der Waals surface area contributed by atoms with Gasteiger partial charge in [0.05, 0.1) is 0 Å². The zero-order valence-electron chi connectivity index (χ0n) is 8.77. The number of nitrogens with two attached hydrogens (primary N) is 1. The van der Waals surface area contributed by atoms with E-state index in [1.165, 1.54) is 5.56 Å². The van der Waals surface area contributed by atoms with Gasteiger partial charge in [-0.1, -0.05) is 12.1 Å². The van der Waals surface area contributed by atoms with E-state index in [4.69, 9.17) is 10.8 Å². The molecule has 0 bridgehead atoms. The zero-order chi connectivity index (χ0) is 10.6. The van der Waals surface area contributed by atoms with Gasteiger partial charge in [-0.25, -0.2) is 0 Å². The number of nitrogens with zero attached hydrogens (tertiary/aromatic N) is 1. The molecule has 1 aromatic rings. The van der Waals surface area contributed by atoms with Crippen LogP contribution in [0.3, 0.4) is 0 Å². The maximum atomic E-state index is 8.95. The number of aliphatic hydroxyl groups is 1. The Labute approximate surface area is 85.2 Å². The van der Waals surface area contributed by atoms with Crippen LogP contribution in [0.4, 0.5) is 5.69 Å². The van der Waals surface area contributed by atoms with E-state index in [-0.39, 0.29) is 12.6 Å². The summed E-state index contributed by atoms with van der Waals surface area (Å²) in [5, 5.41) is 8.95. The number of hydrogen-bond acceptors (Lipinski definition) is 3. The van der Waals surface area contributed by atoms with Crippen LogP contribution in [0.15, 0.2) is 24.3 Å². The molecule has 0 aliphatic heterocycles. The summed E-state index contributed by atoms with van der Waals surface area (Å²) >= 11 is 0. The van der Waals surface area contributed by atoms with Crippen LogP contribution in [0, 0.1) is 0 Å². The smallest absolute Gasteiger partial charge is 0.0449 e. The Hall–Kier alpha value is -1.06. The lowest BCUT2D eigenvalue weighted by Gasteiger charge is -2.24. The third kappa shape index (κ3) is 2.72. The first-order valence-corrected chi connectivity index (χ1v) is 4.78. The molecule has 1 unspecified atom stereocenters. The molecular weight excluding hydrogens is 176 g/mol. The molecule has 0 radical (unpaired) electrons. The number of benzene rings is 1. The molecular formula is C11H18N2O. The van der Waals surface area contributed by atoms with Gasteiger partial charge in [-0.2, -0.15) is 0 Å². The van der Waals surface area contributed by atoms with Crippen molar-refractivity contribution in [2.45, 2.75) is 12.5 Å². The molecule has 0 heterocycles. The monoisotopic (exact) mass is 194 g/mol. The lowest BCUT2D eigenvalue weighted by molar-refractivity contribution is 0.211. The first kappa shape index (κ1) is 11.0. The molecule has 0 saturated carbocycles. The van der Waals surface area contributed by atoms with Crippen molar-refractivity contribution in [2.24, 2.45) is 0 Å². The Bertz CT molecular complexity index is 269. The molecule has 3 heteroatoms. The van der Waals surface area contributed by atoms with E-state index in [1.807, 2.05) is 38.4 Å². The summed E-state index contributed by atoms with van der Waals surface area (Å²) in [7, 11) is 4.02. The molecule has 0 saturated heterocycles. The van der Waals surface area contributed by atoms with E-state index in [9.17, 15) is 0 Å². The van der Waals surface area contributed by atoms with Crippen LogP contribution in [-0.2, 0) is 0 Å². The molecule has 0 aliphatic rings. The first-order chi connectivity index (χ1) is 6.65. The third-order valence-corrected chi connectivity index (χ3v) is 2.35. The van der Waals surface area contributed by atoms with E-state index >= 15 is 0 Å². The van der Waals surface area contributed by atoms with E-state index in [2.05, 4.69) is 4.90 Å². The highest BCUT2D eigenvalue weighted by Gasteiger charge is 2.12. The molecule has 0 aliphatic carbocycles. The minimum absolute atomic E-state index is 0.202. The summed E-state index contributed by atoms with van der Waals surface area (Å²) in [4.78, 5) is 2.10. The number of hydrogen-bond donors (Lipinski definition) is 2. The Morgan fingerprint density at radius 3 is 2.29 bits per heavy atom. The van der Waals surface area contributed by atoms with Gasteiger partial charge in [0.25, 0.3) is 0 Å². The molecule has 14 heavy (non-hydrogen) atoms. The Morgan fingerprint density at radius 2 is 1.86 bits per heavy atom. The van der Waals surface area contributed by atoms with Crippen molar-refractivity contribution in [1.82, 2.24) is 4.90 Å². The molecule has 0 spiro atoms. The average molecular weight is 194 g/mol. The number of aliphatic hydroxyl groups excluding tert-OH is 1. The van der Waals surface area contributed by atoms with Crippen molar-refractivity contribution < 1.29 is 5.11 Å². The van der Waals surface area contributed by atoms with Crippen LogP contribution < -0.4 is 5.73 Å². The predicted octanol–water partition coefficient (Wildman–Crippen LogP) is 1.25. The Morgan fingerprint density at radius 1 is 1.29 bits per heavy atom. The van der Waals surface area contributed by atoms with Crippen LogP contribution in [0.1, 0.15) is 18.0 Å². The van der Waals surface area contributed by atoms with Gasteiger partial charge in [0.1, 0.15) is 0 Å². The molecule has 0 aromatic heterocycles. The Kier molecular flexibility index (Phi) is 3.92. The summed E-state index contributed by atoms with van der Waals surface area (Å²) in [6.45, 7) is 0.202. The topological polar surface area (TPSA) is 49.5 Å². The quantitative estimate of drug-likeness (QED) is 0.709. The van der Waals surface area contributed by atoms with Crippen molar-refractivity contribution in [3.05, 3.63) is 29.8 Å². The normalized spacial score (nSPS) is 13.1. The van der Waals surface area contributed by atoms with Gasteiger partial charge in [0.15, 0.2) is 0 Å². The van der Waals surface area contributed by atoms with Gasteiger partial charge < -0.3 is 15.7 Å². The predicted molar refractivity (Wildman–Crippen MR) is 59.0 cm³/mol. The van der Waals surface area contributed by atoms with Crippen LogP contribution in [0.5, 0.6) is 0 Å². The first-order valence-electron chi connectivity index (χ1n) is 4.78. The maximum absolute atomic E-state index is 8.95. The summed E-state index contributed by atoms with van der Waals surface area (Å²) in [5.41, 5.74) is 7.58. The molecule has 0 amide bonds. The highest BCUT2D eigenvalue weighted by atomic mass is 16.3. The second-order valence-electron chi connectivity index (χ2n) is 3.66. The molecule has 3 nitrogen and oxygen atoms in total. The van der Waals surface area contributed by atoms with Crippen LogP contribution in [0.2, 0.25) is 0 Å². The number of anilines is 1. The molecule has 3 N–H and O–H groups in total. The molecule has 1 atom stereocenters. The summed E-state index contributed by atoms with van der Waals surface area (Å²) in [5.74, 6) is 0. The number of rotatable bonds is 4. The second-order valence-corrected chi connectivity index (χ2v) is 3.66. The van der Waals surface area contributed by atoms with Crippen LogP contribution in [-0.4, -0.2) is 30.7 Å². The lowest BCUT2D eigenvalue weighted by atomic mass is 10.0. The van der Waals surface area contributed by atoms with E-state index in [1.54, 1.807) is 0 Å². The van der Waals surface area contributed by atoms with Crippen LogP contribution >= 0.6 is 0 Å². The van der Waals surface area contributed by atoms with E-state index in [0.29, 0.717) is 0 Å².